The smallest absolute Gasteiger partial charge is 0.0638 e. The van der Waals surface area contributed by atoms with Gasteiger partial charge in [0.25, 0.3) is 0 Å². The Morgan fingerprint density at radius 2 is 1.94 bits per heavy atom. The van der Waals surface area contributed by atoms with E-state index in [1.807, 2.05) is 6.07 Å². The van der Waals surface area contributed by atoms with Crippen LogP contribution in [0.4, 0.5) is 5.69 Å². The van der Waals surface area contributed by atoms with Gasteiger partial charge in [-0.3, -0.25) is 0 Å². The van der Waals surface area contributed by atoms with Crippen molar-refractivity contribution in [3.8, 4) is 0 Å². The molecule has 0 fully saturated rings. The fraction of sp³-hybridized carbons (Fsp3) is 0.500. The number of halogens is 2. The molecule has 1 aromatic carbocycles. The van der Waals surface area contributed by atoms with E-state index < -0.39 is 0 Å². The molecule has 0 saturated heterocycles. The second-order valence-corrected chi connectivity index (χ2v) is 4.50. The van der Waals surface area contributed by atoms with Gasteiger partial charge in [-0.25, -0.2) is 0 Å². The number of unbranched alkanes of at least 4 members (excludes halogenated alkanes) is 1. The molecule has 2 nitrogen and oxygen atoms in total. The van der Waals surface area contributed by atoms with Crippen molar-refractivity contribution >= 4 is 28.9 Å². The van der Waals surface area contributed by atoms with Crippen molar-refractivity contribution < 1.29 is 0 Å². The molecule has 0 aliphatic carbocycles. The maximum Gasteiger partial charge on any atom is 0.0638 e. The molecule has 4 heteroatoms. The number of anilines is 1. The van der Waals surface area contributed by atoms with Crippen LogP contribution in [0, 0.1) is 0 Å². The molecule has 0 spiro atoms. The number of benzene rings is 1. The lowest BCUT2D eigenvalue weighted by Gasteiger charge is -2.09. The van der Waals surface area contributed by atoms with Crippen LogP contribution in [-0.2, 0) is 0 Å². The Kier molecular flexibility index (Phi) is 6.62. The number of hydrogen-bond acceptors (Lipinski definition) is 2. The number of nitrogens with one attached hydrogen (secondary N) is 2. The largest absolute Gasteiger partial charge is 0.383 e. The molecule has 0 heterocycles. The van der Waals surface area contributed by atoms with Crippen LogP contribution in [0.3, 0.4) is 0 Å². The predicted octanol–water partition coefficient (Wildman–Crippen LogP) is 3.80. The minimum absolute atomic E-state index is 0.700. The Bertz CT molecular complexity index is 316. The molecule has 0 bridgehead atoms. The second kappa shape index (κ2) is 7.77. The molecule has 0 aromatic heterocycles. The maximum absolute atomic E-state index is 6.02. The molecule has 1 aromatic rings. The van der Waals surface area contributed by atoms with E-state index in [4.69, 9.17) is 23.2 Å². The highest BCUT2D eigenvalue weighted by atomic mass is 35.5. The highest BCUT2D eigenvalue weighted by Crippen LogP contribution is 2.24. The summed E-state index contributed by atoms with van der Waals surface area (Å²) in [6.07, 6.45) is 2.44. The molecule has 0 radical (unpaired) electrons. The molecule has 0 atom stereocenters. The highest BCUT2D eigenvalue weighted by molar-refractivity contribution is 6.35. The minimum Gasteiger partial charge on any atom is -0.383 e. The van der Waals surface area contributed by atoms with Crippen molar-refractivity contribution in [2.45, 2.75) is 19.8 Å². The summed E-state index contributed by atoms with van der Waals surface area (Å²) in [5.41, 5.74) is 0.895. The Morgan fingerprint density at radius 3 is 2.69 bits per heavy atom. The van der Waals surface area contributed by atoms with Crippen molar-refractivity contribution in [3.05, 3.63) is 28.2 Å². The summed E-state index contributed by atoms with van der Waals surface area (Å²) in [5, 5.41) is 8.01. The summed E-state index contributed by atoms with van der Waals surface area (Å²) in [5.74, 6) is 0. The van der Waals surface area contributed by atoms with Gasteiger partial charge in [-0.2, -0.15) is 0 Å². The summed E-state index contributed by atoms with van der Waals surface area (Å²) in [6, 6.07) is 5.43. The fourth-order valence-corrected chi connectivity index (χ4v) is 1.70. The Balaban J connectivity index is 2.23. The van der Waals surface area contributed by atoms with Gasteiger partial charge in [0.2, 0.25) is 0 Å². The fourth-order valence-electron chi connectivity index (χ4n) is 1.35. The lowest BCUT2D eigenvalue weighted by atomic mass is 10.3. The van der Waals surface area contributed by atoms with Gasteiger partial charge < -0.3 is 10.6 Å². The van der Waals surface area contributed by atoms with Crippen LogP contribution in [-0.4, -0.2) is 19.6 Å². The molecular weight excluding hydrogens is 243 g/mol. The SMILES string of the molecule is CCCCNCCNc1cc(Cl)ccc1Cl. The average molecular weight is 261 g/mol. The van der Waals surface area contributed by atoms with Crippen LogP contribution in [0.1, 0.15) is 19.8 Å². The van der Waals surface area contributed by atoms with Crippen LogP contribution in [0.15, 0.2) is 18.2 Å². The second-order valence-electron chi connectivity index (χ2n) is 3.65. The Morgan fingerprint density at radius 1 is 1.12 bits per heavy atom. The highest BCUT2D eigenvalue weighted by Gasteiger charge is 1.99. The van der Waals surface area contributed by atoms with Crippen LogP contribution in [0.2, 0.25) is 10.0 Å². The van der Waals surface area contributed by atoms with Gasteiger partial charge in [-0.15, -0.1) is 0 Å². The van der Waals surface area contributed by atoms with Crippen LogP contribution in [0.25, 0.3) is 0 Å². The van der Waals surface area contributed by atoms with Crippen LogP contribution >= 0.6 is 23.2 Å². The molecule has 1 rings (SSSR count). The molecule has 2 N–H and O–H groups in total. The van der Waals surface area contributed by atoms with Crippen molar-refractivity contribution in [2.24, 2.45) is 0 Å². The van der Waals surface area contributed by atoms with Crippen molar-refractivity contribution in [1.29, 1.82) is 0 Å². The predicted molar refractivity (Wildman–Crippen MR) is 72.7 cm³/mol. The maximum atomic E-state index is 6.02. The van der Waals surface area contributed by atoms with Gasteiger partial charge in [0.1, 0.15) is 0 Å². The lowest BCUT2D eigenvalue weighted by Crippen LogP contribution is -2.23. The third-order valence-corrected chi connectivity index (χ3v) is 2.82. The first-order chi connectivity index (χ1) is 7.74. The zero-order valence-corrected chi connectivity index (χ0v) is 11.0. The normalized spacial score (nSPS) is 10.4. The molecule has 0 amide bonds. The topological polar surface area (TPSA) is 24.1 Å². The van der Waals surface area contributed by atoms with E-state index in [1.54, 1.807) is 12.1 Å². The molecule has 0 aliphatic rings. The van der Waals surface area contributed by atoms with E-state index in [0.717, 1.165) is 25.3 Å². The molecular formula is C12H18Cl2N2. The van der Waals surface area contributed by atoms with E-state index in [2.05, 4.69) is 17.6 Å². The molecule has 16 heavy (non-hydrogen) atoms. The third-order valence-electron chi connectivity index (χ3n) is 2.25. The van der Waals surface area contributed by atoms with Crippen molar-refractivity contribution in [2.75, 3.05) is 25.0 Å². The summed E-state index contributed by atoms with van der Waals surface area (Å²) < 4.78 is 0. The van der Waals surface area contributed by atoms with E-state index in [1.165, 1.54) is 12.8 Å². The van der Waals surface area contributed by atoms with Gasteiger partial charge >= 0.3 is 0 Å². The van der Waals surface area contributed by atoms with Gasteiger partial charge in [0, 0.05) is 18.1 Å². The van der Waals surface area contributed by atoms with Crippen LogP contribution < -0.4 is 10.6 Å². The van der Waals surface area contributed by atoms with E-state index in [9.17, 15) is 0 Å². The van der Waals surface area contributed by atoms with E-state index in [0.29, 0.717) is 10.0 Å². The van der Waals surface area contributed by atoms with E-state index >= 15 is 0 Å². The van der Waals surface area contributed by atoms with Crippen molar-refractivity contribution in [3.63, 3.8) is 0 Å². The lowest BCUT2D eigenvalue weighted by molar-refractivity contribution is 0.652. The quantitative estimate of drug-likeness (QED) is 0.729. The van der Waals surface area contributed by atoms with Gasteiger partial charge in [0.05, 0.1) is 10.7 Å². The summed E-state index contributed by atoms with van der Waals surface area (Å²) >= 11 is 11.9. The monoisotopic (exact) mass is 260 g/mol. The number of rotatable bonds is 7. The van der Waals surface area contributed by atoms with Crippen molar-refractivity contribution in [1.82, 2.24) is 5.32 Å². The Labute approximate surface area is 107 Å². The zero-order chi connectivity index (χ0) is 11.8. The first kappa shape index (κ1) is 13.6. The minimum atomic E-state index is 0.700. The average Bonchev–Trinajstić information content (AvgIpc) is 2.28. The van der Waals surface area contributed by atoms with Gasteiger partial charge in [0.15, 0.2) is 0 Å². The summed E-state index contributed by atoms with van der Waals surface area (Å²) in [7, 11) is 0. The molecule has 0 aliphatic heterocycles. The van der Waals surface area contributed by atoms with Gasteiger partial charge in [-0.05, 0) is 31.2 Å². The zero-order valence-electron chi connectivity index (χ0n) is 9.52. The molecule has 0 saturated carbocycles. The van der Waals surface area contributed by atoms with Gasteiger partial charge in [-0.1, -0.05) is 36.5 Å². The Hall–Kier alpha value is -0.440. The summed E-state index contributed by atoms with van der Waals surface area (Å²) in [4.78, 5) is 0. The molecule has 90 valence electrons. The van der Waals surface area contributed by atoms with Crippen LogP contribution in [0.5, 0.6) is 0 Å². The first-order valence-corrected chi connectivity index (χ1v) is 6.39. The van der Waals surface area contributed by atoms with E-state index in [-0.39, 0.29) is 0 Å². The first-order valence-electron chi connectivity index (χ1n) is 5.63. The number of hydrogen-bond donors (Lipinski definition) is 2. The standard InChI is InChI=1S/C12H18Cl2N2/c1-2-3-6-15-7-8-16-12-9-10(13)4-5-11(12)14/h4-5,9,15-16H,2-3,6-8H2,1H3. The summed E-state index contributed by atoms with van der Waals surface area (Å²) in [6.45, 7) is 5.04. The molecule has 0 unspecified atom stereocenters. The third kappa shape index (κ3) is 5.06.